The Morgan fingerprint density at radius 1 is 0.158 bits per heavy atom. The van der Waals surface area contributed by atoms with Gasteiger partial charge >= 0.3 is 0 Å². The third-order valence-electron chi connectivity index (χ3n) is 28.0. The summed E-state index contributed by atoms with van der Waals surface area (Å²) in [5.74, 6) is 0. The van der Waals surface area contributed by atoms with Gasteiger partial charge < -0.3 is 209 Å². The van der Waals surface area contributed by atoms with Crippen LogP contribution in [0.1, 0.15) is 142 Å². The molecule has 0 spiro atoms. The van der Waals surface area contributed by atoms with E-state index in [-0.39, 0.29) is 45.8 Å². The fourth-order valence-electron chi connectivity index (χ4n) is 19.0. The summed E-state index contributed by atoms with van der Waals surface area (Å²) in [5.41, 5.74) is 0. The minimum absolute atomic E-state index is 0.0877. The first-order valence-corrected chi connectivity index (χ1v) is 50.9. The van der Waals surface area contributed by atoms with E-state index in [1.54, 1.807) is 0 Å². The largest absolute Gasteiger partial charge is 0.387 e. The molecule has 21 saturated heterocycles. The van der Waals surface area contributed by atoms with E-state index in [1.165, 1.54) is 0 Å². The fourth-order valence-corrected chi connectivity index (χ4v) is 19.0. The van der Waals surface area contributed by atoms with Gasteiger partial charge in [0.1, 0.15) is 171 Å². The van der Waals surface area contributed by atoms with Crippen molar-refractivity contribution in [3.8, 4) is 0 Å². The standard InChI is InChI=1S/C91H182N14O28/c1-15-99(16-2)43-29-36-92-50-57-78-64(106)71(113)85(120-57)128-79-58(51-93-37-30-44-100(17-3)18-4)122-87(73(115)66(79)108)130-81-60(53-95-39-32-46-102(21-7)22-8)124-89(75(117)68(81)110)132-83-62(55-97-41-34-48-104(25-11)26-12)126-91(77(119)70(83)112)133-84-63(56-98-42-35-49-105(27-13)28-14)125-90(76(118)69(84)111)131-82-61(54-96-40-33-47-103(23-9)24-10)123-88(74(116)67(82)109)129-80-59(121-86(127-78)72(114)65(80)107)52-94-38-31-45-101(19-5)20-6/h57-98,106-119H,15-56H2,1-14H3. The molecule has 0 aliphatic carbocycles. The van der Waals surface area contributed by atoms with E-state index >= 15 is 0 Å². The van der Waals surface area contributed by atoms with Crippen molar-refractivity contribution in [2.24, 2.45) is 0 Å². The molecule has 21 fully saturated rings. The minimum Gasteiger partial charge on any atom is -0.387 e. The van der Waals surface area contributed by atoms with E-state index in [4.69, 9.17) is 66.3 Å². The summed E-state index contributed by atoms with van der Waals surface area (Å²) < 4.78 is 93.7. The van der Waals surface area contributed by atoms with E-state index in [0.29, 0.717) is 90.8 Å². The molecule has 0 amide bonds. The van der Waals surface area contributed by atoms with Gasteiger partial charge in [0, 0.05) is 45.8 Å². The smallest absolute Gasteiger partial charge is 0.187 e. The molecular weight excluding hydrogens is 1740 g/mol. The molecule has 21 aliphatic heterocycles. The lowest BCUT2D eigenvalue weighted by atomic mass is 9.94. The number of aliphatic hydroxyl groups excluding tert-OH is 14. The van der Waals surface area contributed by atoms with Crippen molar-refractivity contribution in [1.82, 2.24) is 71.5 Å². The van der Waals surface area contributed by atoms with Gasteiger partial charge in [-0.15, -0.1) is 0 Å². The molecule has 21 N–H and O–H groups in total. The van der Waals surface area contributed by atoms with Crippen LogP contribution in [-0.2, 0) is 66.3 Å². The molecule has 14 bridgehead atoms. The molecule has 0 aromatic rings. The van der Waals surface area contributed by atoms with Crippen LogP contribution in [-0.4, -0.2) is 550 Å². The zero-order valence-electron chi connectivity index (χ0n) is 82.5. The topological polar surface area (TPSA) is 519 Å². The van der Waals surface area contributed by atoms with Crippen LogP contribution in [0.2, 0.25) is 0 Å². The molecule has 0 aromatic carbocycles. The van der Waals surface area contributed by atoms with E-state index in [9.17, 15) is 71.5 Å². The maximum absolute atomic E-state index is 12.7. The maximum atomic E-state index is 12.7. The molecular formula is C91H182N14O28. The SMILES string of the molecule is CCN(CC)CCCNCC1OC2OC3C(CNCCCN(CC)CC)OC(OC4C(CNCCCN(CC)CC)OC(OC5C(CNCCCN(CC)CC)OC(OC6C(CNCCCN(CC)CC)OC(OC7C(CNCCCN(CC)CC)OC(OC8C(CNCCCN(CC)CC)OC(OC1C(O)C2O)C(O)C8O)C(O)C7O)C(O)C6O)C(O)C5O)C(O)C4O)C(O)C3O. The van der Waals surface area contributed by atoms with Gasteiger partial charge in [-0.2, -0.15) is 0 Å². The van der Waals surface area contributed by atoms with E-state index in [0.717, 1.165) is 137 Å². The summed E-state index contributed by atoms with van der Waals surface area (Å²) >= 11 is 0. The lowest BCUT2D eigenvalue weighted by Crippen LogP contribution is -2.69. The number of rotatable bonds is 56. The minimum atomic E-state index is -2.03. The van der Waals surface area contributed by atoms with Gasteiger partial charge in [-0.25, -0.2) is 0 Å². The van der Waals surface area contributed by atoms with Gasteiger partial charge in [0.05, 0.1) is 0 Å². The number of ether oxygens (including phenoxy) is 14. The van der Waals surface area contributed by atoms with E-state index < -0.39 is 215 Å². The summed E-state index contributed by atoms with van der Waals surface area (Å²) in [7, 11) is 0. The quantitative estimate of drug-likeness (QED) is 0.0252. The number of hydrogen-bond donors (Lipinski definition) is 21. The summed E-state index contributed by atoms with van der Waals surface area (Å²) in [6.07, 6.45) is -56.1. The lowest BCUT2D eigenvalue weighted by Gasteiger charge is -2.50. The zero-order chi connectivity index (χ0) is 96.8. The average molecular weight is 1920 g/mol. The Morgan fingerprint density at radius 2 is 0.263 bits per heavy atom. The third-order valence-corrected chi connectivity index (χ3v) is 28.0. The van der Waals surface area contributed by atoms with Gasteiger partial charge in [-0.3, -0.25) is 0 Å². The highest BCUT2D eigenvalue weighted by atomic mass is 16.8. The van der Waals surface area contributed by atoms with Crippen molar-refractivity contribution < 1.29 is 138 Å². The number of nitrogens with one attached hydrogen (secondary N) is 7. The molecule has 784 valence electrons. The summed E-state index contributed by atoms with van der Waals surface area (Å²) in [6.45, 7) is 47.8. The molecule has 42 nitrogen and oxygen atoms in total. The van der Waals surface area contributed by atoms with Gasteiger partial charge in [-0.05, 0) is 228 Å². The van der Waals surface area contributed by atoms with Crippen LogP contribution in [0, 0.1) is 0 Å². The van der Waals surface area contributed by atoms with Crippen molar-refractivity contribution in [2.45, 2.75) is 357 Å². The van der Waals surface area contributed by atoms with Crippen LogP contribution in [0.3, 0.4) is 0 Å². The Morgan fingerprint density at radius 3 is 0.361 bits per heavy atom. The fraction of sp³-hybridized carbons (Fsp3) is 1.00. The second-order valence-electron chi connectivity index (χ2n) is 36.5. The third kappa shape index (κ3) is 34.2. The average Bonchev–Trinajstić information content (AvgIpc) is 0.869. The van der Waals surface area contributed by atoms with Gasteiger partial charge in [0.25, 0.3) is 0 Å². The highest BCUT2D eigenvalue weighted by Crippen LogP contribution is 2.40. The van der Waals surface area contributed by atoms with Crippen LogP contribution in [0.5, 0.6) is 0 Å². The number of hydrogen-bond acceptors (Lipinski definition) is 42. The molecule has 0 radical (unpaired) electrons. The van der Waals surface area contributed by atoms with Crippen LogP contribution < -0.4 is 37.2 Å². The summed E-state index contributed by atoms with van der Waals surface area (Å²) in [5, 5.41) is 201. The molecule has 21 heterocycles. The molecule has 0 aromatic heterocycles. The highest BCUT2D eigenvalue weighted by Gasteiger charge is 2.60. The molecule has 35 atom stereocenters. The van der Waals surface area contributed by atoms with Crippen LogP contribution in [0.25, 0.3) is 0 Å². The Bertz CT molecular complexity index is 2460. The van der Waals surface area contributed by atoms with Gasteiger partial charge in [0.2, 0.25) is 0 Å². The Hall–Kier alpha value is -1.68. The van der Waals surface area contributed by atoms with Crippen LogP contribution in [0.15, 0.2) is 0 Å². The van der Waals surface area contributed by atoms with Crippen molar-refractivity contribution >= 4 is 0 Å². The van der Waals surface area contributed by atoms with Gasteiger partial charge in [-0.1, -0.05) is 96.9 Å². The Labute approximate surface area is 791 Å². The molecule has 133 heavy (non-hydrogen) atoms. The van der Waals surface area contributed by atoms with Crippen LogP contribution in [0.4, 0.5) is 0 Å². The van der Waals surface area contributed by atoms with E-state index in [1.807, 2.05) is 0 Å². The van der Waals surface area contributed by atoms with Crippen LogP contribution >= 0.6 is 0 Å². The van der Waals surface area contributed by atoms with Crippen molar-refractivity contribution in [3.63, 3.8) is 0 Å². The van der Waals surface area contributed by atoms with E-state index in [2.05, 4.69) is 168 Å². The van der Waals surface area contributed by atoms with Gasteiger partial charge in [0.15, 0.2) is 44.0 Å². The second-order valence-corrected chi connectivity index (χ2v) is 36.5. The second kappa shape index (κ2) is 62.1. The Balaban J connectivity index is 1.24. The monoisotopic (exact) mass is 1920 g/mol. The molecule has 21 rings (SSSR count). The number of nitrogens with zero attached hydrogens (tertiary/aromatic N) is 7. The predicted molar refractivity (Wildman–Crippen MR) is 496 cm³/mol. The lowest BCUT2D eigenvalue weighted by molar-refractivity contribution is -0.392. The first-order valence-electron chi connectivity index (χ1n) is 50.9. The summed E-state index contributed by atoms with van der Waals surface area (Å²) in [6, 6.07) is 0. The molecule has 0 saturated carbocycles. The van der Waals surface area contributed by atoms with Crippen molar-refractivity contribution in [1.29, 1.82) is 0 Å². The number of aliphatic hydroxyl groups is 14. The maximum Gasteiger partial charge on any atom is 0.187 e. The predicted octanol–water partition coefficient (Wildman–Crippen LogP) is -5.93. The molecule has 42 heteroatoms. The molecule has 35 unspecified atom stereocenters. The highest BCUT2D eigenvalue weighted by molar-refractivity contribution is 5.04. The van der Waals surface area contributed by atoms with Crippen molar-refractivity contribution in [3.05, 3.63) is 0 Å². The Kier molecular flexibility index (Phi) is 54.4. The normalized spacial score (nSPS) is 37.4. The molecule has 21 aliphatic rings. The first kappa shape index (κ1) is 117. The zero-order valence-corrected chi connectivity index (χ0v) is 82.5. The van der Waals surface area contributed by atoms with Crippen molar-refractivity contribution in [2.75, 3.05) is 229 Å². The summed E-state index contributed by atoms with van der Waals surface area (Å²) in [4.78, 5) is 15.8. The first-order chi connectivity index (χ1) is 64.2.